The Hall–Kier alpha value is -3.26. The number of benzene rings is 2. The van der Waals surface area contributed by atoms with Crippen LogP contribution in [0.2, 0.25) is 0 Å². The average Bonchev–Trinajstić information content (AvgIpc) is 3.42. The molecular formula is C30H35N3O5S. The van der Waals surface area contributed by atoms with Crippen LogP contribution in [0.25, 0.3) is 27.3 Å². The third kappa shape index (κ3) is 6.85. The number of carbonyl (C=O) groups excluding carboxylic acids is 1. The third-order valence-corrected chi connectivity index (χ3v) is 7.89. The standard InChI is InChI=1S/C30H35N3O5S/c1-3-11-33(12-4-2)23-8-7-19-13-21(6-5-20(19)14-23)27-10-9-24(39-27)15-22(16-31)30(37)32-17-26-29(36)28(35)25(34)18-38-26/h5-10,13-15,25-26,28-29,34-36H,3-4,11-12,17-18H2,1-2H3,(H,32,37). The fourth-order valence-electron chi connectivity index (χ4n) is 4.70. The number of hydrogen-bond acceptors (Lipinski definition) is 8. The predicted molar refractivity (Wildman–Crippen MR) is 154 cm³/mol. The van der Waals surface area contributed by atoms with Crippen molar-refractivity contribution in [3.8, 4) is 16.5 Å². The van der Waals surface area contributed by atoms with Crippen LogP contribution in [0.4, 0.5) is 5.69 Å². The van der Waals surface area contributed by atoms with Crippen molar-refractivity contribution < 1.29 is 24.9 Å². The number of rotatable bonds is 10. The molecule has 2 aromatic carbocycles. The fraction of sp³-hybridized carbons (Fsp3) is 0.400. The highest BCUT2D eigenvalue weighted by molar-refractivity contribution is 7.16. The molecule has 0 bridgehead atoms. The second-order valence-electron chi connectivity index (χ2n) is 9.74. The Kier molecular flexibility index (Phi) is 9.73. The average molecular weight is 550 g/mol. The van der Waals surface area contributed by atoms with Gasteiger partial charge in [0.1, 0.15) is 36.1 Å². The van der Waals surface area contributed by atoms with Gasteiger partial charge in [-0.25, -0.2) is 0 Å². The quantitative estimate of drug-likeness (QED) is 0.224. The van der Waals surface area contributed by atoms with Gasteiger partial charge in [-0.1, -0.05) is 32.0 Å². The molecule has 4 rings (SSSR count). The molecule has 4 N–H and O–H groups in total. The maximum atomic E-state index is 12.6. The van der Waals surface area contributed by atoms with Gasteiger partial charge in [0.25, 0.3) is 5.91 Å². The van der Waals surface area contributed by atoms with Gasteiger partial charge >= 0.3 is 0 Å². The van der Waals surface area contributed by atoms with Crippen molar-refractivity contribution in [1.29, 1.82) is 5.26 Å². The Morgan fingerprint density at radius 3 is 2.51 bits per heavy atom. The largest absolute Gasteiger partial charge is 0.388 e. The number of ether oxygens (including phenoxy) is 1. The molecule has 0 radical (unpaired) electrons. The van der Waals surface area contributed by atoms with Crippen LogP contribution < -0.4 is 10.2 Å². The number of anilines is 1. The molecule has 0 spiro atoms. The number of thiophene rings is 1. The molecule has 1 saturated heterocycles. The van der Waals surface area contributed by atoms with Gasteiger partial charge in [0.15, 0.2) is 0 Å². The van der Waals surface area contributed by atoms with Gasteiger partial charge in [0, 0.05) is 35.1 Å². The molecule has 1 fully saturated rings. The molecule has 0 aliphatic carbocycles. The maximum Gasteiger partial charge on any atom is 0.262 e. The summed E-state index contributed by atoms with van der Waals surface area (Å²) in [6.07, 6.45) is -1.02. The van der Waals surface area contributed by atoms with Crippen LogP contribution in [-0.4, -0.2) is 71.9 Å². The molecular weight excluding hydrogens is 514 g/mol. The minimum atomic E-state index is -1.36. The van der Waals surface area contributed by atoms with E-state index in [1.165, 1.54) is 28.5 Å². The summed E-state index contributed by atoms with van der Waals surface area (Å²) in [4.78, 5) is 16.8. The molecule has 0 saturated carbocycles. The van der Waals surface area contributed by atoms with Crippen LogP contribution in [-0.2, 0) is 9.53 Å². The van der Waals surface area contributed by atoms with Crippen molar-refractivity contribution in [2.75, 3.05) is 31.1 Å². The molecule has 39 heavy (non-hydrogen) atoms. The zero-order valence-corrected chi connectivity index (χ0v) is 23.0. The molecule has 1 amide bonds. The lowest BCUT2D eigenvalue weighted by Gasteiger charge is -2.35. The highest BCUT2D eigenvalue weighted by atomic mass is 32.1. The van der Waals surface area contributed by atoms with E-state index < -0.39 is 30.3 Å². The van der Waals surface area contributed by atoms with Crippen LogP contribution in [0.5, 0.6) is 0 Å². The molecule has 3 aromatic rings. The number of aliphatic hydroxyl groups excluding tert-OH is 3. The van der Waals surface area contributed by atoms with E-state index in [9.17, 15) is 25.4 Å². The van der Waals surface area contributed by atoms with Crippen LogP contribution in [0.1, 0.15) is 31.6 Å². The Bertz CT molecular complexity index is 1360. The number of nitrogens with zero attached hydrogens (tertiary/aromatic N) is 2. The van der Waals surface area contributed by atoms with E-state index in [-0.39, 0.29) is 18.7 Å². The van der Waals surface area contributed by atoms with Crippen LogP contribution in [0.15, 0.2) is 54.1 Å². The highest BCUT2D eigenvalue weighted by Crippen LogP contribution is 2.33. The van der Waals surface area contributed by atoms with Crippen molar-refractivity contribution in [3.63, 3.8) is 0 Å². The number of aliphatic hydroxyl groups is 3. The van der Waals surface area contributed by atoms with E-state index in [1.807, 2.05) is 18.2 Å². The first-order valence-corrected chi connectivity index (χ1v) is 14.1. The molecule has 1 aromatic heterocycles. The molecule has 2 heterocycles. The summed E-state index contributed by atoms with van der Waals surface area (Å²) in [6.45, 7) is 6.21. The first-order chi connectivity index (χ1) is 18.8. The van der Waals surface area contributed by atoms with Crippen molar-refractivity contribution in [2.24, 2.45) is 0 Å². The summed E-state index contributed by atoms with van der Waals surface area (Å²) in [5, 5.41) is 43.9. The van der Waals surface area contributed by atoms with Crippen molar-refractivity contribution in [1.82, 2.24) is 5.32 Å². The van der Waals surface area contributed by atoms with E-state index in [4.69, 9.17) is 4.74 Å². The Morgan fingerprint density at radius 1 is 1.08 bits per heavy atom. The minimum absolute atomic E-state index is 0.0796. The molecule has 8 nitrogen and oxygen atoms in total. The summed E-state index contributed by atoms with van der Waals surface area (Å²) in [6, 6.07) is 18.7. The molecule has 1 aliphatic heterocycles. The first kappa shape index (κ1) is 28.7. The van der Waals surface area contributed by atoms with Crippen LogP contribution >= 0.6 is 11.3 Å². The summed E-state index contributed by atoms with van der Waals surface area (Å²) in [7, 11) is 0. The molecule has 9 heteroatoms. The summed E-state index contributed by atoms with van der Waals surface area (Å²) >= 11 is 1.48. The number of amides is 1. The van der Waals surface area contributed by atoms with Crippen LogP contribution in [0, 0.1) is 11.3 Å². The Morgan fingerprint density at radius 2 is 1.79 bits per heavy atom. The lowest BCUT2D eigenvalue weighted by atomic mass is 10.00. The number of hydrogen-bond donors (Lipinski definition) is 4. The van der Waals surface area contributed by atoms with Crippen molar-refractivity contribution in [3.05, 3.63) is 59.0 Å². The summed E-state index contributed by atoms with van der Waals surface area (Å²) < 4.78 is 5.30. The van der Waals surface area contributed by atoms with E-state index in [0.29, 0.717) is 0 Å². The third-order valence-electron chi connectivity index (χ3n) is 6.81. The number of nitriles is 1. The van der Waals surface area contributed by atoms with Gasteiger partial charge in [-0.2, -0.15) is 5.26 Å². The molecule has 1 aliphatic rings. The second kappa shape index (κ2) is 13.2. The predicted octanol–water partition coefficient (Wildman–Crippen LogP) is 3.70. The van der Waals surface area contributed by atoms with Crippen molar-refractivity contribution >= 4 is 39.8 Å². The van der Waals surface area contributed by atoms with Crippen LogP contribution in [0.3, 0.4) is 0 Å². The normalized spacial score (nSPS) is 21.5. The van der Waals surface area contributed by atoms with Gasteiger partial charge in [-0.3, -0.25) is 4.79 Å². The lowest BCUT2D eigenvalue weighted by molar-refractivity contribution is -0.185. The summed E-state index contributed by atoms with van der Waals surface area (Å²) in [5.74, 6) is -0.606. The summed E-state index contributed by atoms with van der Waals surface area (Å²) in [5.41, 5.74) is 2.22. The van der Waals surface area contributed by atoms with E-state index in [2.05, 4.69) is 60.5 Å². The van der Waals surface area contributed by atoms with E-state index in [0.717, 1.165) is 46.6 Å². The molecule has 206 valence electrons. The monoisotopic (exact) mass is 549 g/mol. The number of fused-ring (bicyclic) bond motifs is 1. The fourth-order valence-corrected chi connectivity index (χ4v) is 5.65. The number of nitrogens with one attached hydrogen (secondary N) is 1. The first-order valence-electron chi connectivity index (χ1n) is 13.3. The van der Waals surface area contributed by atoms with E-state index in [1.54, 1.807) is 0 Å². The lowest BCUT2D eigenvalue weighted by Crippen LogP contribution is -2.56. The van der Waals surface area contributed by atoms with E-state index >= 15 is 0 Å². The van der Waals surface area contributed by atoms with Gasteiger partial charge in [-0.15, -0.1) is 11.3 Å². The molecule has 4 atom stereocenters. The molecule has 4 unspecified atom stereocenters. The van der Waals surface area contributed by atoms with Gasteiger partial charge in [0.05, 0.1) is 6.61 Å². The zero-order chi connectivity index (χ0) is 27.9. The highest BCUT2D eigenvalue weighted by Gasteiger charge is 2.37. The van der Waals surface area contributed by atoms with Gasteiger partial charge in [0.2, 0.25) is 0 Å². The van der Waals surface area contributed by atoms with Crippen molar-refractivity contribution in [2.45, 2.75) is 51.1 Å². The van der Waals surface area contributed by atoms with Gasteiger partial charge < -0.3 is 30.3 Å². The SMILES string of the molecule is CCCN(CCC)c1ccc2cc(-c3ccc(C=C(C#N)C(=O)NCC4OCC(O)C(O)C4O)s3)ccc2c1. The zero-order valence-electron chi connectivity index (χ0n) is 22.2. The topological polar surface area (TPSA) is 126 Å². The number of carbonyl (C=O) groups is 1. The Labute approximate surface area is 232 Å². The Balaban J connectivity index is 1.45. The smallest absolute Gasteiger partial charge is 0.262 e. The van der Waals surface area contributed by atoms with Gasteiger partial charge in [-0.05, 0) is 65.6 Å². The maximum absolute atomic E-state index is 12.6. The minimum Gasteiger partial charge on any atom is -0.388 e. The second-order valence-corrected chi connectivity index (χ2v) is 10.9.